The van der Waals surface area contributed by atoms with E-state index in [1.807, 2.05) is 12.1 Å². The first kappa shape index (κ1) is 13.1. The lowest BCUT2D eigenvalue weighted by molar-refractivity contribution is -0.143. The second-order valence-corrected chi connectivity index (χ2v) is 5.62. The van der Waals surface area contributed by atoms with Crippen molar-refractivity contribution in [2.45, 2.75) is 26.3 Å². The molecule has 1 atom stereocenters. The summed E-state index contributed by atoms with van der Waals surface area (Å²) in [6.45, 7) is 4.31. The van der Waals surface area contributed by atoms with E-state index >= 15 is 0 Å². The first-order valence-corrected chi connectivity index (χ1v) is 7.02. The summed E-state index contributed by atoms with van der Waals surface area (Å²) >= 11 is 0. The molecule has 1 aromatic heterocycles. The summed E-state index contributed by atoms with van der Waals surface area (Å²) in [5.74, 6) is -0.0121. The number of aryl methyl sites for hydroxylation is 1. The Kier molecular flexibility index (Phi) is 3.44. The van der Waals surface area contributed by atoms with E-state index in [-0.39, 0.29) is 5.92 Å². The number of likely N-dealkylation sites (tertiary alicyclic amines) is 1. The third-order valence-corrected chi connectivity index (χ3v) is 3.91. The maximum Gasteiger partial charge on any atom is 0.307 e. The highest BCUT2D eigenvalue weighted by Gasteiger charge is 2.25. The highest BCUT2D eigenvalue weighted by atomic mass is 16.4. The molecular formula is C15H19N3O2. The number of benzene rings is 1. The molecule has 1 aromatic carbocycles. The second kappa shape index (κ2) is 5.25. The molecule has 1 fully saturated rings. The van der Waals surface area contributed by atoms with Crippen LogP contribution in [0, 0.1) is 12.8 Å². The van der Waals surface area contributed by atoms with Crippen LogP contribution in [0.2, 0.25) is 0 Å². The number of aliphatic carboxylic acids is 1. The zero-order valence-electron chi connectivity index (χ0n) is 11.6. The van der Waals surface area contributed by atoms with E-state index in [0.29, 0.717) is 13.1 Å². The van der Waals surface area contributed by atoms with E-state index in [1.54, 1.807) is 0 Å². The minimum absolute atomic E-state index is 0.240. The number of aromatic nitrogens is 2. The van der Waals surface area contributed by atoms with Crippen molar-refractivity contribution in [3.63, 3.8) is 0 Å². The Morgan fingerprint density at radius 2 is 2.40 bits per heavy atom. The van der Waals surface area contributed by atoms with Crippen LogP contribution in [0.15, 0.2) is 18.2 Å². The minimum atomic E-state index is -0.685. The zero-order chi connectivity index (χ0) is 14.1. The van der Waals surface area contributed by atoms with Crippen molar-refractivity contribution < 1.29 is 9.90 Å². The lowest BCUT2D eigenvalue weighted by atomic mass is 9.98. The number of carboxylic acids is 1. The number of rotatable bonds is 3. The number of hydrogen-bond donors (Lipinski definition) is 2. The summed E-state index contributed by atoms with van der Waals surface area (Å²) in [6, 6.07) is 6.15. The van der Waals surface area contributed by atoms with E-state index in [1.165, 1.54) is 5.56 Å². The van der Waals surface area contributed by atoms with Crippen LogP contribution in [0.5, 0.6) is 0 Å². The number of hydrogen-bond acceptors (Lipinski definition) is 3. The predicted octanol–water partition coefficient (Wildman–Crippen LogP) is 2.17. The van der Waals surface area contributed by atoms with Gasteiger partial charge in [-0.1, -0.05) is 6.07 Å². The number of imidazole rings is 1. The fraction of sp³-hybridized carbons (Fsp3) is 0.467. The maximum absolute atomic E-state index is 11.1. The number of piperidine rings is 1. The van der Waals surface area contributed by atoms with Gasteiger partial charge in [-0.05, 0) is 44.0 Å². The van der Waals surface area contributed by atoms with Crippen LogP contribution in [0.4, 0.5) is 0 Å². The molecule has 0 saturated carbocycles. The van der Waals surface area contributed by atoms with Crippen molar-refractivity contribution in [3.05, 3.63) is 29.6 Å². The summed E-state index contributed by atoms with van der Waals surface area (Å²) in [5.41, 5.74) is 3.22. The Morgan fingerprint density at radius 3 is 3.20 bits per heavy atom. The predicted molar refractivity (Wildman–Crippen MR) is 76.5 cm³/mol. The molecule has 5 heteroatoms. The average molecular weight is 273 g/mol. The first-order chi connectivity index (χ1) is 9.61. The quantitative estimate of drug-likeness (QED) is 0.899. The molecule has 2 N–H and O–H groups in total. The van der Waals surface area contributed by atoms with E-state index in [4.69, 9.17) is 5.11 Å². The first-order valence-electron chi connectivity index (χ1n) is 7.02. The van der Waals surface area contributed by atoms with Crippen molar-refractivity contribution in [1.82, 2.24) is 14.9 Å². The van der Waals surface area contributed by atoms with Crippen LogP contribution in [-0.4, -0.2) is 39.0 Å². The zero-order valence-corrected chi connectivity index (χ0v) is 11.6. The van der Waals surface area contributed by atoms with E-state index in [0.717, 1.165) is 36.2 Å². The van der Waals surface area contributed by atoms with E-state index in [9.17, 15) is 4.79 Å². The van der Waals surface area contributed by atoms with Crippen molar-refractivity contribution in [1.29, 1.82) is 0 Å². The lowest BCUT2D eigenvalue weighted by Gasteiger charge is -2.29. The van der Waals surface area contributed by atoms with Gasteiger partial charge in [-0.25, -0.2) is 4.98 Å². The van der Waals surface area contributed by atoms with Gasteiger partial charge in [0.25, 0.3) is 0 Å². The normalized spacial score (nSPS) is 20.4. The van der Waals surface area contributed by atoms with Gasteiger partial charge in [0, 0.05) is 6.54 Å². The van der Waals surface area contributed by atoms with Gasteiger partial charge in [0.1, 0.15) is 5.82 Å². The SMILES string of the molecule is Cc1ccc2nc(CN3CCCC(C(=O)O)C3)[nH]c2c1. The topological polar surface area (TPSA) is 69.2 Å². The second-order valence-electron chi connectivity index (χ2n) is 5.62. The number of aromatic amines is 1. The molecule has 0 spiro atoms. The summed E-state index contributed by atoms with van der Waals surface area (Å²) < 4.78 is 0. The Bertz CT molecular complexity index is 635. The van der Waals surface area contributed by atoms with Crippen LogP contribution < -0.4 is 0 Å². The number of nitrogens with one attached hydrogen (secondary N) is 1. The largest absolute Gasteiger partial charge is 0.481 e. The Balaban J connectivity index is 1.74. The van der Waals surface area contributed by atoms with Gasteiger partial charge in [-0.15, -0.1) is 0 Å². The van der Waals surface area contributed by atoms with Gasteiger partial charge in [0.05, 0.1) is 23.5 Å². The standard InChI is InChI=1S/C15H19N3O2/c1-10-4-5-12-13(7-10)17-14(16-12)9-18-6-2-3-11(8-18)15(19)20/h4-5,7,11H,2-3,6,8-9H2,1H3,(H,16,17)(H,19,20). The Labute approximate surface area is 117 Å². The fourth-order valence-corrected chi connectivity index (χ4v) is 2.86. The van der Waals surface area contributed by atoms with Crippen molar-refractivity contribution in [3.8, 4) is 0 Å². The van der Waals surface area contributed by atoms with Gasteiger partial charge in [0.15, 0.2) is 0 Å². The van der Waals surface area contributed by atoms with Gasteiger partial charge in [-0.3, -0.25) is 9.69 Å². The summed E-state index contributed by atoms with van der Waals surface area (Å²) in [7, 11) is 0. The molecule has 1 unspecified atom stereocenters. The monoisotopic (exact) mass is 273 g/mol. The molecule has 0 amide bonds. The maximum atomic E-state index is 11.1. The van der Waals surface area contributed by atoms with Gasteiger partial charge in [-0.2, -0.15) is 0 Å². The van der Waals surface area contributed by atoms with Crippen LogP contribution >= 0.6 is 0 Å². The highest BCUT2D eigenvalue weighted by molar-refractivity contribution is 5.75. The third kappa shape index (κ3) is 2.67. The number of carboxylic acid groups (broad SMARTS) is 1. The molecule has 2 heterocycles. The molecule has 1 aliphatic heterocycles. The Hall–Kier alpha value is -1.88. The van der Waals surface area contributed by atoms with Crippen molar-refractivity contribution in [2.24, 2.45) is 5.92 Å². The molecule has 2 aromatic rings. The molecule has 106 valence electrons. The number of carbonyl (C=O) groups is 1. The summed E-state index contributed by atoms with van der Waals surface area (Å²) in [5, 5.41) is 9.12. The van der Waals surface area contributed by atoms with Crippen molar-refractivity contribution >= 4 is 17.0 Å². The van der Waals surface area contributed by atoms with Crippen LogP contribution in [-0.2, 0) is 11.3 Å². The van der Waals surface area contributed by atoms with Gasteiger partial charge in [0.2, 0.25) is 0 Å². The van der Waals surface area contributed by atoms with Gasteiger partial charge >= 0.3 is 5.97 Å². The average Bonchev–Trinajstić information content (AvgIpc) is 2.80. The highest BCUT2D eigenvalue weighted by Crippen LogP contribution is 2.19. The molecule has 5 nitrogen and oxygen atoms in total. The molecular weight excluding hydrogens is 254 g/mol. The summed E-state index contributed by atoms with van der Waals surface area (Å²) in [4.78, 5) is 21.2. The summed E-state index contributed by atoms with van der Waals surface area (Å²) in [6.07, 6.45) is 1.72. The molecule has 0 bridgehead atoms. The smallest absolute Gasteiger partial charge is 0.307 e. The molecule has 0 radical (unpaired) electrons. The number of fused-ring (bicyclic) bond motifs is 1. The van der Waals surface area contributed by atoms with Gasteiger partial charge < -0.3 is 10.1 Å². The van der Waals surface area contributed by atoms with Crippen LogP contribution in [0.1, 0.15) is 24.2 Å². The number of H-pyrrole nitrogens is 1. The molecule has 1 saturated heterocycles. The van der Waals surface area contributed by atoms with E-state index in [2.05, 4.69) is 27.9 Å². The minimum Gasteiger partial charge on any atom is -0.481 e. The molecule has 20 heavy (non-hydrogen) atoms. The van der Waals surface area contributed by atoms with Crippen LogP contribution in [0.25, 0.3) is 11.0 Å². The lowest BCUT2D eigenvalue weighted by Crippen LogP contribution is -2.38. The third-order valence-electron chi connectivity index (χ3n) is 3.91. The molecule has 0 aliphatic carbocycles. The molecule has 1 aliphatic rings. The number of nitrogens with zero attached hydrogens (tertiary/aromatic N) is 2. The molecule has 3 rings (SSSR count). The van der Waals surface area contributed by atoms with Crippen molar-refractivity contribution in [2.75, 3.05) is 13.1 Å². The van der Waals surface area contributed by atoms with E-state index < -0.39 is 5.97 Å². The Morgan fingerprint density at radius 1 is 1.55 bits per heavy atom. The van der Waals surface area contributed by atoms with Crippen LogP contribution in [0.3, 0.4) is 0 Å². The fourth-order valence-electron chi connectivity index (χ4n) is 2.86.